The first kappa shape index (κ1) is 14.0. The number of carbonyl (C=O) groups is 1. The van der Waals surface area contributed by atoms with E-state index in [1.54, 1.807) is 12.1 Å². The van der Waals surface area contributed by atoms with Gasteiger partial charge in [-0.3, -0.25) is 4.79 Å². The van der Waals surface area contributed by atoms with E-state index < -0.39 is 0 Å². The summed E-state index contributed by atoms with van der Waals surface area (Å²) in [7, 11) is 0. The van der Waals surface area contributed by atoms with Crippen molar-refractivity contribution in [3.63, 3.8) is 0 Å². The van der Waals surface area contributed by atoms with Crippen LogP contribution in [0.25, 0.3) is 0 Å². The lowest BCUT2D eigenvalue weighted by molar-refractivity contribution is 0.0949. The Morgan fingerprint density at radius 1 is 1.35 bits per heavy atom. The molecule has 1 rings (SSSR count). The van der Waals surface area contributed by atoms with E-state index >= 15 is 0 Å². The molecule has 3 nitrogen and oxygen atoms in total. The number of nitrogens with one attached hydrogen (secondary N) is 1. The highest BCUT2D eigenvalue weighted by molar-refractivity contribution is 6.29. The smallest absolute Gasteiger partial charge is 0.251 e. The van der Waals surface area contributed by atoms with Crippen LogP contribution in [0.1, 0.15) is 49.7 Å². The molecule has 1 aromatic heterocycles. The third-order valence-corrected chi connectivity index (χ3v) is 2.53. The zero-order valence-electron chi connectivity index (χ0n) is 10.7. The van der Waals surface area contributed by atoms with Crippen LogP contribution in [0, 0.1) is 5.92 Å². The van der Waals surface area contributed by atoms with Gasteiger partial charge in [-0.15, -0.1) is 0 Å². The highest BCUT2D eigenvalue weighted by Crippen LogP contribution is 2.17. The van der Waals surface area contributed by atoms with Crippen LogP contribution >= 0.6 is 11.6 Å². The predicted octanol–water partition coefficient (Wildman–Crippen LogP) is 3.24. The second-order valence-corrected chi connectivity index (χ2v) is 5.25. The highest BCUT2D eigenvalue weighted by Gasteiger charge is 2.11. The molecule has 1 aromatic rings. The standard InChI is InChI=1S/C13H19ClN2O/c1-8(2)7-15-13(17)10-5-11(9(3)4)16-12(14)6-10/h5-6,8-9H,7H2,1-4H3,(H,15,17). The second-order valence-electron chi connectivity index (χ2n) is 4.86. The third-order valence-electron chi connectivity index (χ3n) is 2.34. The van der Waals surface area contributed by atoms with Crippen LogP contribution in [0.4, 0.5) is 0 Å². The maximum atomic E-state index is 11.9. The maximum absolute atomic E-state index is 11.9. The summed E-state index contributed by atoms with van der Waals surface area (Å²) in [5, 5.41) is 3.23. The van der Waals surface area contributed by atoms with Crippen LogP contribution in [0.3, 0.4) is 0 Å². The van der Waals surface area contributed by atoms with E-state index in [1.165, 1.54) is 0 Å². The Bertz CT molecular complexity index is 402. The van der Waals surface area contributed by atoms with E-state index in [4.69, 9.17) is 11.6 Å². The topological polar surface area (TPSA) is 42.0 Å². The van der Waals surface area contributed by atoms with Crippen LogP contribution in [-0.4, -0.2) is 17.4 Å². The normalized spacial score (nSPS) is 11.0. The summed E-state index contributed by atoms with van der Waals surface area (Å²) in [5.74, 6) is 0.594. The van der Waals surface area contributed by atoms with Gasteiger partial charge >= 0.3 is 0 Å². The summed E-state index contributed by atoms with van der Waals surface area (Å²) in [6.45, 7) is 8.82. The molecule has 0 aliphatic heterocycles. The van der Waals surface area contributed by atoms with Crippen molar-refractivity contribution in [1.29, 1.82) is 0 Å². The van der Waals surface area contributed by atoms with Crippen LogP contribution < -0.4 is 5.32 Å². The van der Waals surface area contributed by atoms with Gasteiger partial charge < -0.3 is 5.32 Å². The minimum Gasteiger partial charge on any atom is -0.352 e. The lowest BCUT2D eigenvalue weighted by Gasteiger charge is -2.10. The molecule has 0 bridgehead atoms. The van der Waals surface area contributed by atoms with Crippen molar-refractivity contribution in [1.82, 2.24) is 10.3 Å². The Labute approximate surface area is 108 Å². The Morgan fingerprint density at radius 2 is 2.00 bits per heavy atom. The third kappa shape index (κ3) is 4.35. The highest BCUT2D eigenvalue weighted by atomic mass is 35.5. The summed E-state index contributed by atoms with van der Waals surface area (Å²) in [6, 6.07) is 3.40. The van der Waals surface area contributed by atoms with E-state index in [0.717, 1.165) is 5.69 Å². The molecule has 0 fully saturated rings. The number of halogens is 1. The number of rotatable bonds is 4. The van der Waals surface area contributed by atoms with Gasteiger partial charge in [-0.1, -0.05) is 39.3 Å². The molecule has 0 aliphatic carbocycles. The molecule has 17 heavy (non-hydrogen) atoms. The Kier molecular flexibility index (Phi) is 4.94. The van der Waals surface area contributed by atoms with Gasteiger partial charge in [0.1, 0.15) is 5.15 Å². The minimum absolute atomic E-state index is 0.0927. The predicted molar refractivity (Wildman–Crippen MR) is 70.5 cm³/mol. The van der Waals surface area contributed by atoms with E-state index in [9.17, 15) is 4.79 Å². The molecule has 4 heteroatoms. The molecule has 1 amide bonds. The number of carbonyl (C=O) groups excluding carboxylic acids is 1. The van der Waals surface area contributed by atoms with Gasteiger partial charge in [-0.25, -0.2) is 4.98 Å². The van der Waals surface area contributed by atoms with Gasteiger partial charge in [-0.05, 0) is 24.0 Å². The molecular formula is C13H19ClN2O. The summed E-state index contributed by atoms with van der Waals surface area (Å²) in [5.41, 5.74) is 1.42. The lowest BCUT2D eigenvalue weighted by atomic mass is 10.1. The van der Waals surface area contributed by atoms with Gasteiger partial charge in [-0.2, -0.15) is 0 Å². The first-order valence-corrected chi connectivity index (χ1v) is 6.23. The van der Waals surface area contributed by atoms with E-state index in [-0.39, 0.29) is 11.8 Å². The van der Waals surface area contributed by atoms with Gasteiger partial charge in [0.15, 0.2) is 0 Å². The molecular weight excluding hydrogens is 236 g/mol. The Balaban J connectivity index is 2.86. The molecule has 94 valence electrons. The molecule has 1 N–H and O–H groups in total. The van der Waals surface area contributed by atoms with E-state index in [1.807, 2.05) is 13.8 Å². The molecule has 0 aliphatic rings. The van der Waals surface area contributed by atoms with Crippen LogP contribution in [0.15, 0.2) is 12.1 Å². The fourth-order valence-corrected chi connectivity index (χ4v) is 1.56. The number of hydrogen-bond acceptors (Lipinski definition) is 2. The largest absolute Gasteiger partial charge is 0.352 e. The average Bonchev–Trinajstić information content (AvgIpc) is 2.24. The minimum atomic E-state index is -0.0927. The SMILES string of the molecule is CC(C)CNC(=O)c1cc(Cl)nc(C(C)C)c1. The first-order chi connectivity index (χ1) is 7.90. The second kappa shape index (κ2) is 6.01. The summed E-state index contributed by atoms with van der Waals surface area (Å²) >= 11 is 5.91. The molecule has 0 aromatic carbocycles. The van der Waals surface area contributed by atoms with Crippen molar-refractivity contribution in [2.45, 2.75) is 33.6 Å². The first-order valence-electron chi connectivity index (χ1n) is 5.85. The lowest BCUT2D eigenvalue weighted by Crippen LogP contribution is -2.27. The fraction of sp³-hybridized carbons (Fsp3) is 0.538. The summed E-state index contributed by atoms with van der Waals surface area (Å²) in [6.07, 6.45) is 0. The molecule has 0 radical (unpaired) electrons. The van der Waals surface area contributed by atoms with E-state index in [0.29, 0.717) is 23.2 Å². The number of aromatic nitrogens is 1. The van der Waals surface area contributed by atoms with Gasteiger partial charge in [0, 0.05) is 17.8 Å². The number of pyridine rings is 1. The average molecular weight is 255 g/mol. The van der Waals surface area contributed by atoms with Crippen molar-refractivity contribution in [2.75, 3.05) is 6.54 Å². The summed E-state index contributed by atoms with van der Waals surface area (Å²) in [4.78, 5) is 16.1. The van der Waals surface area contributed by atoms with Crippen LogP contribution in [0.2, 0.25) is 5.15 Å². The van der Waals surface area contributed by atoms with Crippen molar-refractivity contribution < 1.29 is 4.79 Å². The Hall–Kier alpha value is -1.09. The quantitative estimate of drug-likeness (QED) is 0.838. The van der Waals surface area contributed by atoms with Crippen molar-refractivity contribution in [3.05, 3.63) is 28.5 Å². The molecule has 0 atom stereocenters. The maximum Gasteiger partial charge on any atom is 0.251 e. The van der Waals surface area contributed by atoms with Crippen molar-refractivity contribution in [2.24, 2.45) is 5.92 Å². The zero-order valence-corrected chi connectivity index (χ0v) is 11.5. The van der Waals surface area contributed by atoms with Gasteiger partial charge in [0.2, 0.25) is 0 Å². The fourth-order valence-electron chi connectivity index (χ4n) is 1.34. The number of amides is 1. The van der Waals surface area contributed by atoms with Crippen LogP contribution in [-0.2, 0) is 0 Å². The zero-order chi connectivity index (χ0) is 13.0. The molecule has 0 saturated heterocycles. The molecule has 0 spiro atoms. The van der Waals surface area contributed by atoms with Gasteiger partial charge in [0.05, 0.1) is 0 Å². The molecule has 1 heterocycles. The monoisotopic (exact) mass is 254 g/mol. The van der Waals surface area contributed by atoms with Crippen LogP contribution in [0.5, 0.6) is 0 Å². The van der Waals surface area contributed by atoms with Crippen molar-refractivity contribution in [3.8, 4) is 0 Å². The number of hydrogen-bond donors (Lipinski definition) is 1. The number of nitrogens with zero attached hydrogens (tertiary/aromatic N) is 1. The summed E-state index contributed by atoms with van der Waals surface area (Å²) < 4.78 is 0. The molecule has 0 saturated carbocycles. The van der Waals surface area contributed by atoms with E-state index in [2.05, 4.69) is 24.1 Å². The van der Waals surface area contributed by atoms with Gasteiger partial charge in [0.25, 0.3) is 5.91 Å². The Morgan fingerprint density at radius 3 is 2.53 bits per heavy atom. The molecule has 0 unspecified atom stereocenters. The van der Waals surface area contributed by atoms with Crippen molar-refractivity contribution >= 4 is 17.5 Å².